The van der Waals surface area contributed by atoms with E-state index in [4.69, 9.17) is 14.5 Å². The molecule has 2 aromatic heterocycles. The first-order valence-corrected chi connectivity index (χ1v) is 11.5. The van der Waals surface area contributed by atoms with E-state index in [0.717, 1.165) is 54.5 Å². The molecule has 5 rings (SSSR count). The number of ether oxygens (including phenoxy) is 2. The molecule has 0 saturated heterocycles. The van der Waals surface area contributed by atoms with Gasteiger partial charge in [0.2, 0.25) is 5.95 Å². The van der Waals surface area contributed by atoms with Gasteiger partial charge in [-0.3, -0.25) is 4.79 Å². The topological polar surface area (TPSA) is 89.1 Å². The van der Waals surface area contributed by atoms with Crippen LogP contribution in [0.25, 0.3) is 22.2 Å². The summed E-state index contributed by atoms with van der Waals surface area (Å²) in [5.74, 6) is 1.41. The second-order valence-electron chi connectivity index (χ2n) is 9.40. The lowest BCUT2D eigenvalue weighted by molar-refractivity contribution is 0.0346. The highest BCUT2D eigenvalue weighted by atomic mass is 16.5. The highest BCUT2D eigenvalue weighted by molar-refractivity contribution is 6.02. The Balaban J connectivity index is 1.35. The molecule has 0 spiro atoms. The summed E-state index contributed by atoms with van der Waals surface area (Å²) in [6, 6.07) is 6.14. The molecule has 1 aromatic carbocycles. The Hall–Kier alpha value is -2.93. The zero-order valence-corrected chi connectivity index (χ0v) is 18.9. The van der Waals surface area contributed by atoms with Gasteiger partial charge < -0.3 is 19.8 Å². The molecule has 1 aliphatic heterocycles. The number of nitrogens with zero attached hydrogens (tertiary/aromatic N) is 2. The SMILES string of the molecule is CCOC1CCC(Nc2ncc3c(-c4ccc5c(c4)OC(C)(C)CC5=O)c[nH]c3n2)CC1. The van der Waals surface area contributed by atoms with Gasteiger partial charge in [-0.05, 0) is 64.2 Å². The van der Waals surface area contributed by atoms with Gasteiger partial charge >= 0.3 is 0 Å². The number of nitrogens with one attached hydrogen (secondary N) is 2. The quantitative estimate of drug-likeness (QED) is 0.579. The van der Waals surface area contributed by atoms with Gasteiger partial charge in [0.15, 0.2) is 5.78 Å². The third-order valence-electron chi connectivity index (χ3n) is 6.41. The molecule has 0 unspecified atom stereocenters. The van der Waals surface area contributed by atoms with E-state index < -0.39 is 5.60 Å². The largest absolute Gasteiger partial charge is 0.487 e. The maximum absolute atomic E-state index is 12.4. The Bertz CT molecular complexity index is 1150. The van der Waals surface area contributed by atoms with Crippen molar-refractivity contribution in [3.05, 3.63) is 36.2 Å². The van der Waals surface area contributed by atoms with E-state index in [1.165, 1.54) is 0 Å². The van der Waals surface area contributed by atoms with Gasteiger partial charge in [-0.2, -0.15) is 4.98 Å². The van der Waals surface area contributed by atoms with Crippen molar-refractivity contribution in [2.24, 2.45) is 0 Å². The van der Waals surface area contributed by atoms with Crippen molar-refractivity contribution in [3.63, 3.8) is 0 Å². The molecule has 32 heavy (non-hydrogen) atoms. The van der Waals surface area contributed by atoms with Gasteiger partial charge in [0, 0.05) is 36.0 Å². The first-order valence-electron chi connectivity index (χ1n) is 11.5. The summed E-state index contributed by atoms with van der Waals surface area (Å²) in [7, 11) is 0. The summed E-state index contributed by atoms with van der Waals surface area (Å²) in [5, 5.41) is 4.43. The molecule has 168 valence electrons. The lowest BCUT2D eigenvalue weighted by Crippen LogP contribution is -2.35. The second kappa shape index (κ2) is 8.20. The van der Waals surface area contributed by atoms with Crippen LogP contribution in [0.3, 0.4) is 0 Å². The molecule has 1 saturated carbocycles. The number of anilines is 1. The molecule has 3 heterocycles. The summed E-state index contributed by atoms with van der Waals surface area (Å²) < 4.78 is 11.8. The number of benzene rings is 1. The fraction of sp³-hybridized carbons (Fsp3) is 0.480. The van der Waals surface area contributed by atoms with Crippen molar-refractivity contribution in [2.75, 3.05) is 11.9 Å². The normalized spacial score (nSPS) is 22.4. The van der Waals surface area contributed by atoms with Crippen LogP contribution in [-0.4, -0.2) is 45.1 Å². The fourth-order valence-corrected chi connectivity index (χ4v) is 4.83. The van der Waals surface area contributed by atoms with Crippen LogP contribution in [0, 0.1) is 0 Å². The minimum absolute atomic E-state index is 0.121. The molecule has 2 aliphatic rings. The van der Waals surface area contributed by atoms with Gasteiger partial charge in [-0.25, -0.2) is 4.98 Å². The monoisotopic (exact) mass is 434 g/mol. The fourth-order valence-electron chi connectivity index (χ4n) is 4.83. The number of Topliss-reactive ketones (excluding diaryl/α,β-unsaturated/α-hetero) is 1. The Labute approximate surface area is 187 Å². The third-order valence-corrected chi connectivity index (χ3v) is 6.41. The Morgan fingerprint density at radius 2 is 2.03 bits per heavy atom. The van der Waals surface area contributed by atoms with Gasteiger partial charge in [-0.15, -0.1) is 0 Å². The molecular weight excluding hydrogens is 404 g/mol. The van der Waals surface area contributed by atoms with Crippen molar-refractivity contribution < 1.29 is 14.3 Å². The van der Waals surface area contributed by atoms with Crippen molar-refractivity contribution in [1.82, 2.24) is 15.0 Å². The van der Waals surface area contributed by atoms with E-state index in [2.05, 4.69) is 22.2 Å². The molecule has 0 radical (unpaired) electrons. The summed E-state index contributed by atoms with van der Waals surface area (Å²) in [6.07, 6.45) is 8.84. The molecule has 0 bridgehead atoms. The molecular formula is C25H30N4O3. The van der Waals surface area contributed by atoms with E-state index >= 15 is 0 Å². The Morgan fingerprint density at radius 1 is 1.22 bits per heavy atom. The zero-order chi connectivity index (χ0) is 22.3. The average molecular weight is 435 g/mol. The highest BCUT2D eigenvalue weighted by Gasteiger charge is 2.32. The van der Waals surface area contributed by atoms with E-state index in [-0.39, 0.29) is 5.78 Å². The van der Waals surface area contributed by atoms with Crippen LogP contribution in [0.4, 0.5) is 5.95 Å². The molecule has 2 N–H and O–H groups in total. The van der Waals surface area contributed by atoms with Gasteiger partial charge in [0.25, 0.3) is 0 Å². The lowest BCUT2D eigenvalue weighted by atomic mass is 9.91. The molecule has 0 amide bonds. The van der Waals surface area contributed by atoms with Crippen LogP contribution in [0.2, 0.25) is 0 Å². The highest BCUT2D eigenvalue weighted by Crippen LogP contribution is 2.37. The molecule has 7 heteroatoms. The molecule has 7 nitrogen and oxygen atoms in total. The smallest absolute Gasteiger partial charge is 0.224 e. The number of hydrogen-bond acceptors (Lipinski definition) is 6. The van der Waals surface area contributed by atoms with Gasteiger partial charge in [0.1, 0.15) is 17.0 Å². The van der Waals surface area contributed by atoms with Crippen molar-refractivity contribution >= 4 is 22.8 Å². The maximum Gasteiger partial charge on any atom is 0.224 e. The lowest BCUT2D eigenvalue weighted by Gasteiger charge is -2.31. The Morgan fingerprint density at radius 3 is 2.81 bits per heavy atom. The molecule has 0 atom stereocenters. The van der Waals surface area contributed by atoms with Crippen LogP contribution in [0.5, 0.6) is 5.75 Å². The number of rotatable bonds is 5. The number of carbonyl (C=O) groups is 1. The zero-order valence-electron chi connectivity index (χ0n) is 18.9. The standard InChI is InChI=1S/C25H30N4O3/c1-4-31-17-8-6-16(7-9-17)28-24-27-14-20-19(13-26-23(20)29-24)15-5-10-18-21(30)12-25(2,3)32-22(18)11-15/h5,10-11,13-14,16-17H,4,6-9,12H2,1-3H3,(H2,26,27,28,29). The first kappa shape index (κ1) is 20.9. The average Bonchev–Trinajstić information content (AvgIpc) is 3.17. The predicted octanol–water partition coefficient (Wildman–Crippen LogP) is 5.13. The molecule has 1 aliphatic carbocycles. The number of aromatic amines is 1. The van der Waals surface area contributed by atoms with Crippen LogP contribution in [0.1, 0.15) is 63.2 Å². The summed E-state index contributed by atoms with van der Waals surface area (Å²) in [5.41, 5.74) is 2.91. The number of carbonyl (C=O) groups excluding carboxylic acids is 1. The first-order chi connectivity index (χ1) is 15.4. The number of ketones is 1. The van der Waals surface area contributed by atoms with E-state index in [0.29, 0.717) is 35.8 Å². The third kappa shape index (κ3) is 4.09. The van der Waals surface area contributed by atoms with E-state index in [1.807, 2.05) is 44.4 Å². The summed E-state index contributed by atoms with van der Waals surface area (Å²) >= 11 is 0. The van der Waals surface area contributed by atoms with E-state index in [1.54, 1.807) is 0 Å². The van der Waals surface area contributed by atoms with Crippen LogP contribution in [-0.2, 0) is 4.74 Å². The van der Waals surface area contributed by atoms with Gasteiger partial charge in [0.05, 0.1) is 18.1 Å². The van der Waals surface area contributed by atoms with Gasteiger partial charge in [-0.1, -0.05) is 6.07 Å². The minimum atomic E-state index is -0.492. The number of aromatic nitrogens is 3. The number of hydrogen-bond donors (Lipinski definition) is 2. The summed E-state index contributed by atoms with van der Waals surface area (Å²) in [6.45, 7) is 6.72. The Kier molecular flexibility index (Phi) is 5.37. The minimum Gasteiger partial charge on any atom is -0.487 e. The number of fused-ring (bicyclic) bond motifs is 2. The van der Waals surface area contributed by atoms with Crippen LogP contribution < -0.4 is 10.1 Å². The second-order valence-corrected chi connectivity index (χ2v) is 9.40. The number of H-pyrrole nitrogens is 1. The van der Waals surface area contributed by atoms with Crippen molar-refractivity contribution in [3.8, 4) is 16.9 Å². The van der Waals surface area contributed by atoms with Crippen LogP contribution in [0.15, 0.2) is 30.6 Å². The van der Waals surface area contributed by atoms with Crippen molar-refractivity contribution in [2.45, 2.75) is 70.6 Å². The maximum atomic E-state index is 12.4. The van der Waals surface area contributed by atoms with Crippen molar-refractivity contribution in [1.29, 1.82) is 0 Å². The van der Waals surface area contributed by atoms with Crippen LogP contribution >= 0.6 is 0 Å². The predicted molar refractivity (Wildman–Crippen MR) is 124 cm³/mol. The molecule has 3 aromatic rings. The van der Waals surface area contributed by atoms with E-state index in [9.17, 15) is 4.79 Å². The molecule has 1 fully saturated rings. The summed E-state index contributed by atoms with van der Waals surface area (Å²) in [4.78, 5) is 25.0.